The fourth-order valence-corrected chi connectivity index (χ4v) is 3.20. The predicted molar refractivity (Wildman–Crippen MR) is 83.5 cm³/mol. The largest absolute Gasteiger partial charge is 0.353 e. The molecule has 0 radical (unpaired) electrons. The van der Waals surface area contributed by atoms with Crippen LogP contribution in [0.1, 0.15) is 5.82 Å². The minimum Gasteiger partial charge on any atom is -0.353 e. The molecule has 0 N–H and O–H groups in total. The van der Waals surface area contributed by atoms with E-state index in [1.54, 1.807) is 12.1 Å². The number of thioether (sulfide) groups is 1. The summed E-state index contributed by atoms with van der Waals surface area (Å²) in [6.07, 6.45) is 0. The van der Waals surface area contributed by atoms with E-state index < -0.39 is 0 Å². The normalized spacial score (nSPS) is 10.9. The smallest absolute Gasteiger partial charge is 0.257 e. The molecule has 1 aromatic carbocycles. The first-order valence-electron chi connectivity index (χ1n) is 6.34. The Morgan fingerprint density at radius 2 is 2.00 bits per heavy atom. The second kappa shape index (κ2) is 6.41. The Hall–Kier alpha value is -2.00. The van der Waals surface area contributed by atoms with Crippen LogP contribution in [0.2, 0.25) is 0 Å². The summed E-state index contributed by atoms with van der Waals surface area (Å²) < 4.78 is 18.9. The van der Waals surface area contributed by atoms with Gasteiger partial charge < -0.3 is 9.42 Å². The van der Waals surface area contributed by atoms with Crippen molar-refractivity contribution in [3.63, 3.8) is 0 Å². The van der Waals surface area contributed by atoms with Crippen LogP contribution >= 0.6 is 23.1 Å². The van der Waals surface area contributed by atoms with Crippen molar-refractivity contribution in [3.05, 3.63) is 35.9 Å². The highest BCUT2D eigenvalue weighted by Gasteiger charge is 2.11. The van der Waals surface area contributed by atoms with E-state index in [-0.39, 0.29) is 5.82 Å². The maximum Gasteiger partial charge on any atom is 0.257 e. The van der Waals surface area contributed by atoms with Crippen molar-refractivity contribution in [2.75, 3.05) is 19.0 Å². The van der Waals surface area contributed by atoms with Gasteiger partial charge in [0.25, 0.3) is 5.89 Å². The summed E-state index contributed by atoms with van der Waals surface area (Å²) >= 11 is 3.00. The fourth-order valence-electron chi connectivity index (χ4n) is 1.59. The molecule has 0 saturated heterocycles. The lowest BCUT2D eigenvalue weighted by Crippen LogP contribution is -2.07. The zero-order chi connectivity index (χ0) is 15.5. The molecule has 6 nitrogen and oxygen atoms in total. The van der Waals surface area contributed by atoms with Crippen LogP contribution in [0.3, 0.4) is 0 Å². The summed E-state index contributed by atoms with van der Waals surface area (Å²) in [5.41, 5.74) is 0.691. The number of rotatable bonds is 5. The molecule has 22 heavy (non-hydrogen) atoms. The molecule has 0 atom stereocenters. The van der Waals surface area contributed by atoms with Crippen molar-refractivity contribution >= 4 is 28.2 Å². The van der Waals surface area contributed by atoms with Crippen LogP contribution in [0, 0.1) is 5.82 Å². The van der Waals surface area contributed by atoms with Gasteiger partial charge in [-0.05, 0) is 24.3 Å². The molecule has 2 aromatic heterocycles. The third-order valence-electron chi connectivity index (χ3n) is 2.66. The Labute approximate surface area is 134 Å². The van der Waals surface area contributed by atoms with Crippen molar-refractivity contribution in [1.29, 1.82) is 0 Å². The quantitative estimate of drug-likeness (QED) is 0.663. The topological polar surface area (TPSA) is 67.9 Å². The van der Waals surface area contributed by atoms with Gasteiger partial charge in [0.1, 0.15) is 5.82 Å². The highest BCUT2D eigenvalue weighted by molar-refractivity contribution is 8.00. The van der Waals surface area contributed by atoms with Crippen molar-refractivity contribution in [2.24, 2.45) is 0 Å². The molecule has 3 aromatic rings. The molecule has 0 aliphatic heterocycles. The zero-order valence-electron chi connectivity index (χ0n) is 11.9. The summed E-state index contributed by atoms with van der Waals surface area (Å²) in [7, 11) is 3.84. The van der Waals surface area contributed by atoms with Gasteiger partial charge in [-0.15, -0.1) is 10.2 Å². The zero-order valence-corrected chi connectivity index (χ0v) is 13.5. The molecular weight excluding hydrogens is 325 g/mol. The molecule has 0 spiro atoms. The van der Waals surface area contributed by atoms with Gasteiger partial charge in [-0.25, -0.2) is 4.39 Å². The van der Waals surface area contributed by atoms with Gasteiger partial charge in [-0.2, -0.15) is 4.98 Å². The number of halogens is 1. The number of nitrogens with zero attached hydrogens (tertiary/aromatic N) is 5. The minimum absolute atomic E-state index is 0.299. The van der Waals surface area contributed by atoms with Gasteiger partial charge in [0.05, 0.1) is 5.75 Å². The second-order valence-electron chi connectivity index (χ2n) is 4.56. The third-order valence-corrected chi connectivity index (χ3v) is 4.88. The number of benzene rings is 1. The van der Waals surface area contributed by atoms with E-state index in [4.69, 9.17) is 4.52 Å². The highest BCUT2D eigenvalue weighted by Crippen LogP contribution is 2.29. The Kier molecular flexibility index (Phi) is 4.34. The summed E-state index contributed by atoms with van der Waals surface area (Å²) in [4.78, 5) is 6.20. The Morgan fingerprint density at radius 3 is 2.68 bits per heavy atom. The maximum absolute atomic E-state index is 12.9. The van der Waals surface area contributed by atoms with Crippen LogP contribution in [0.4, 0.5) is 9.52 Å². The van der Waals surface area contributed by atoms with Crippen LogP contribution in [-0.4, -0.2) is 34.4 Å². The van der Waals surface area contributed by atoms with Crippen molar-refractivity contribution in [2.45, 2.75) is 10.1 Å². The summed E-state index contributed by atoms with van der Waals surface area (Å²) in [5, 5.41) is 12.9. The number of aromatic nitrogens is 4. The Bertz CT molecular complexity index is 756. The average Bonchev–Trinajstić information content (AvgIpc) is 3.15. The molecule has 0 unspecified atom stereocenters. The van der Waals surface area contributed by atoms with Crippen LogP contribution in [-0.2, 0) is 5.75 Å². The average molecular weight is 337 g/mol. The van der Waals surface area contributed by atoms with Gasteiger partial charge in [0.2, 0.25) is 5.13 Å². The van der Waals surface area contributed by atoms with Gasteiger partial charge in [0, 0.05) is 19.7 Å². The lowest BCUT2D eigenvalue weighted by atomic mass is 10.2. The fraction of sp³-hybridized carbons (Fsp3) is 0.231. The second-order valence-corrected chi connectivity index (χ2v) is 6.73. The van der Waals surface area contributed by atoms with Gasteiger partial charge in [-0.1, -0.05) is 28.3 Å². The lowest BCUT2D eigenvalue weighted by molar-refractivity contribution is 0.425. The van der Waals surface area contributed by atoms with Crippen LogP contribution in [0.15, 0.2) is 33.1 Å². The summed E-state index contributed by atoms with van der Waals surface area (Å²) in [6.45, 7) is 0. The molecule has 114 valence electrons. The van der Waals surface area contributed by atoms with Crippen molar-refractivity contribution in [3.8, 4) is 11.5 Å². The van der Waals surface area contributed by atoms with E-state index in [2.05, 4.69) is 20.3 Å². The molecule has 2 heterocycles. The lowest BCUT2D eigenvalue weighted by Gasteiger charge is -2.03. The molecule has 0 saturated carbocycles. The first-order valence-corrected chi connectivity index (χ1v) is 8.14. The molecule has 9 heteroatoms. The number of hydrogen-bond acceptors (Lipinski definition) is 8. The first kappa shape index (κ1) is 14.9. The highest BCUT2D eigenvalue weighted by atomic mass is 32.2. The number of anilines is 1. The Morgan fingerprint density at radius 1 is 1.23 bits per heavy atom. The van der Waals surface area contributed by atoms with E-state index in [1.807, 2.05) is 19.0 Å². The summed E-state index contributed by atoms with van der Waals surface area (Å²) in [5.74, 6) is 1.17. The van der Waals surface area contributed by atoms with Crippen LogP contribution < -0.4 is 4.90 Å². The van der Waals surface area contributed by atoms with Crippen molar-refractivity contribution in [1.82, 2.24) is 20.3 Å². The molecule has 0 aliphatic carbocycles. The van der Waals surface area contributed by atoms with Crippen LogP contribution in [0.5, 0.6) is 0 Å². The van der Waals surface area contributed by atoms with Crippen LogP contribution in [0.25, 0.3) is 11.5 Å². The Balaban J connectivity index is 1.65. The van der Waals surface area contributed by atoms with Gasteiger partial charge in [-0.3, -0.25) is 0 Å². The third kappa shape index (κ3) is 3.42. The van der Waals surface area contributed by atoms with E-state index in [0.29, 0.717) is 23.0 Å². The predicted octanol–water partition coefficient (Wildman–Crippen LogP) is 3.09. The first-order chi connectivity index (χ1) is 10.6. The number of hydrogen-bond donors (Lipinski definition) is 0. The SMILES string of the molecule is CN(C)c1nnc(SCc2noc(-c3ccc(F)cc3)n2)s1. The molecule has 3 rings (SSSR count). The minimum atomic E-state index is -0.299. The molecule has 0 aliphatic rings. The van der Waals surface area contributed by atoms with Crippen molar-refractivity contribution < 1.29 is 8.91 Å². The van der Waals surface area contributed by atoms with E-state index in [9.17, 15) is 4.39 Å². The van der Waals surface area contributed by atoms with Gasteiger partial charge in [0.15, 0.2) is 10.2 Å². The van der Waals surface area contributed by atoms with E-state index >= 15 is 0 Å². The standard InChI is InChI=1S/C13H12FN5OS2/c1-19(2)12-16-17-13(22-12)21-7-10-15-11(20-18-10)8-3-5-9(14)6-4-8/h3-6H,7H2,1-2H3. The molecule has 0 bridgehead atoms. The van der Waals surface area contributed by atoms with E-state index in [0.717, 1.165) is 9.47 Å². The summed E-state index contributed by atoms with van der Waals surface area (Å²) in [6, 6.07) is 5.93. The van der Waals surface area contributed by atoms with E-state index in [1.165, 1.54) is 35.2 Å². The monoisotopic (exact) mass is 337 g/mol. The van der Waals surface area contributed by atoms with Gasteiger partial charge >= 0.3 is 0 Å². The molecule has 0 amide bonds. The molecular formula is C13H12FN5OS2. The molecule has 0 fully saturated rings. The maximum atomic E-state index is 12.9.